The van der Waals surface area contributed by atoms with Crippen molar-refractivity contribution in [2.75, 3.05) is 19.6 Å². The molecule has 0 radical (unpaired) electrons. The summed E-state index contributed by atoms with van der Waals surface area (Å²) in [7, 11) is 0. The number of hydrogen-bond acceptors (Lipinski definition) is 4. The van der Waals surface area contributed by atoms with Crippen LogP contribution in [0.5, 0.6) is 0 Å². The van der Waals surface area contributed by atoms with E-state index in [0.717, 1.165) is 0 Å². The van der Waals surface area contributed by atoms with Crippen LogP contribution < -0.4 is 5.73 Å². The topological polar surface area (TPSA) is 75.8 Å². The van der Waals surface area contributed by atoms with Crippen LogP contribution in [0.2, 0.25) is 0 Å². The second kappa shape index (κ2) is 4.37. The summed E-state index contributed by atoms with van der Waals surface area (Å²) in [5.41, 5.74) is 4.98. The fraction of sp³-hybridized carbons (Fsp3) is 0.900. The summed E-state index contributed by atoms with van der Waals surface area (Å²) in [5, 5.41) is 9.58. The van der Waals surface area contributed by atoms with Gasteiger partial charge in [-0.2, -0.15) is 0 Å². The predicted molar refractivity (Wildman–Crippen MR) is 56.4 cm³/mol. The monoisotopic (exact) mass is 216 g/mol. The number of carbonyl (C=O) groups is 1. The van der Waals surface area contributed by atoms with Gasteiger partial charge in [-0.3, -0.25) is 0 Å². The highest BCUT2D eigenvalue weighted by molar-refractivity contribution is 5.68. The highest BCUT2D eigenvalue weighted by atomic mass is 16.6. The molecule has 1 aliphatic rings. The lowest BCUT2D eigenvalue weighted by Gasteiger charge is -2.24. The minimum Gasteiger partial charge on any atom is -0.444 e. The minimum atomic E-state index is -0.525. The van der Waals surface area contributed by atoms with Crippen LogP contribution in [0.1, 0.15) is 20.8 Å². The van der Waals surface area contributed by atoms with E-state index in [1.165, 1.54) is 4.90 Å². The van der Waals surface area contributed by atoms with Gasteiger partial charge in [0, 0.05) is 12.5 Å². The second-order valence-corrected chi connectivity index (χ2v) is 4.95. The molecule has 1 heterocycles. The maximum atomic E-state index is 11.6. The first-order valence-corrected chi connectivity index (χ1v) is 5.19. The van der Waals surface area contributed by atoms with Gasteiger partial charge in [-0.25, -0.2) is 4.79 Å². The molecule has 1 rings (SSSR count). The molecule has 1 fully saturated rings. The minimum absolute atomic E-state index is 0.0301. The Morgan fingerprint density at radius 1 is 1.53 bits per heavy atom. The zero-order valence-corrected chi connectivity index (χ0v) is 9.56. The van der Waals surface area contributed by atoms with Crippen LogP contribution in [-0.4, -0.2) is 47.4 Å². The van der Waals surface area contributed by atoms with Crippen molar-refractivity contribution < 1.29 is 14.6 Å². The number of ether oxygens (including phenoxy) is 1. The summed E-state index contributed by atoms with van der Waals surface area (Å²) in [6.07, 6.45) is -0.903. The normalized spacial score (nSPS) is 26.9. The SMILES string of the molecule is CC(C)(C)OC(=O)N1CC(O)[C@@H](CN)C1. The van der Waals surface area contributed by atoms with Gasteiger partial charge in [0.2, 0.25) is 0 Å². The molecule has 5 nitrogen and oxygen atoms in total. The second-order valence-electron chi connectivity index (χ2n) is 4.95. The number of nitrogens with zero attached hydrogens (tertiary/aromatic N) is 1. The van der Waals surface area contributed by atoms with Crippen molar-refractivity contribution in [3.8, 4) is 0 Å². The Morgan fingerprint density at radius 2 is 2.13 bits per heavy atom. The van der Waals surface area contributed by atoms with Gasteiger partial charge in [0.1, 0.15) is 5.60 Å². The summed E-state index contributed by atoms with van der Waals surface area (Å²) in [5.74, 6) is -0.0301. The van der Waals surface area contributed by atoms with Crippen molar-refractivity contribution in [2.24, 2.45) is 11.7 Å². The first-order valence-electron chi connectivity index (χ1n) is 5.19. The molecule has 15 heavy (non-hydrogen) atoms. The van der Waals surface area contributed by atoms with Gasteiger partial charge in [0.25, 0.3) is 0 Å². The van der Waals surface area contributed by atoms with Crippen molar-refractivity contribution in [2.45, 2.75) is 32.5 Å². The van der Waals surface area contributed by atoms with Gasteiger partial charge in [-0.05, 0) is 27.3 Å². The molecule has 2 atom stereocenters. The van der Waals surface area contributed by atoms with Gasteiger partial charge in [0.15, 0.2) is 0 Å². The van der Waals surface area contributed by atoms with Crippen molar-refractivity contribution in [1.29, 1.82) is 0 Å². The molecule has 0 aliphatic carbocycles. The predicted octanol–water partition coefficient (Wildman–Crippen LogP) is 0.173. The summed E-state index contributed by atoms with van der Waals surface area (Å²) in [4.78, 5) is 13.1. The van der Waals surface area contributed by atoms with Crippen LogP contribution in [0.4, 0.5) is 4.79 Å². The fourth-order valence-corrected chi connectivity index (χ4v) is 1.56. The third-order valence-electron chi connectivity index (χ3n) is 2.36. The van der Waals surface area contributed by atoms with Gasteiger partial charge in [0.05, 0.1) is 12.6 Å². The average Bonchev–Trinajstić information content (AvgIpc) is 2.43. The molecular formula is C10H20N2O3. The van der Waals surface area contributed by atoms with Crippen LogP contribution >= 0.6 is 0 Å². The van der Waals surface area contributed by atoms with E-state index in [1.807, 2.05) is 20.8 Å². The highest BCUT2D eigenvalue weighted by Crippen LogP contribution is 2.18. The summed E-state index contributed by atoms with van der Waals surface area (Å²) in [6.45, 7) is 6.64. The Morgan fingerprint density at radius 3 is 2.53 bits per heavy atom. The van der Waals surface area contributed by atoms with Crippen LogP contribution in [0.15, 0.2) is 0 Å². The Balaban J connectivity index is 2.50. The molecule has 88 valence electrons. The standard InChI is InChI=1S/C10H20N2O3/c1-10(2,3)15-9(14)12-5-7(4-11)8(13)6-12/h7-8,13H,4-6,11H2,1-3H3/t7-,8?/m0/s1. The third-order valence-corrected chi connectivity index (χ3v) is 2.36. The molecule has 0 aromatic rings. The first kappa shape index (κ1) is 12.3. The van der Waals surface area contributed by atoms with E-state index in [-0.39, 0.29) is 12.0 Å². The van der Waals surface area contributed by atoms with E-state index in [1.54, 1.807) is 0 Å². The molecule has 1 amide bonds. The summed E-state index contributed by atoms with van der Waals surface area (Å²) < 4.78 is 5.20. The van der Waals surface area contributed by atoms with Crippen molar-refractivity contribution in [3.63, 3.8) is 0 Å². The zero-order chi connectivity index (χ0) is 11.6. The van der Waals surface area contributed by atoms with Crippen molar-refractivity contribution >= 4 is 6.09 Å². The van der Waals surface area contributed by atoms with Gasteiger partial charge < -0.3 is 20.5 Å². The molecule has 1 unspecified atom stereocenters. The quantitative estimate of drug-likeness (QED) is 0.655. The molecule has 1 saturated heterocycles. The number of amides is 1. The molecule has 0 spiro atoms. The Bertz CT molecular complexity index is 237. The lowest BCUT2D eigenvalue weighted by Crippen LogP contribution is -2.36. The van der Waals surface area contributed by atoms with E-state index in [2.05, 4.69) is 0 Å². The molecule has 0 saturated carbocycles. The number of β-amino-alcohol motifs (C(OH)–C–C–N with tert-alkyl or cyclic N) is 1. The van der Waals surface area contributed by atoms with Crippen molar-refractivity contribution in [3.05, 3.63) is 0 Å². The van der Waals surface area contributed by atoms with Crippen LogP contribution in [0.25, 0.3) is 0 Å². The Hall–Kier alpha value is -0.810. The lowest BCUT2D eigenvalue weighted by molar-refractivity contribution is 0.0270. The van der Waals surface area contributed by atoms with Crippen molar-refractivity contribution in [1.82, 2.24) is 4.90 Å². The van der Waals surface area contributed by atoms with Gasteiger partial charge in [-0.15, -0.1) is 0 Å². The molecule has 0 aromatic heterocycles. The maximum absolute atomic E-state index is 11.6. The Kier molecular flexibility index (Phi) is 3.57. The molecule has 1 aliphatic heterocycles. The number of carbonyl (C=O) groups excluding carboxylic acids is 1. The molecular weight excluding hydrogens is 196 g/mol. The molecule has 3 N–H and O–H groups in total. The number of hydrogen-bond donors (Lipinski definition) is 2. The lowest BCUT2D eigenvalue weighted by atomic mass is 10.1. The average molecular weight is 216 g/mol. The smallest absolute Gasteiger partial charge is 0.410 e. The van der Waals surface area contributed by atoms with E-state index in [0.29, 0.717) is 19.6 Å². The van der Waals surface area contributed by atoms with E-state index in [9.17, 15) is 9.90 Å². The third kappa shape index (κ3) is 3.35. The van der Waals surface area contributed by atoms with E-state index >= 15 is 0 Å². The maximum Gasteiger partial charge on any atom is 0.410 e. The van der Waals surface area contributed by atoms with Crippen LogP contribution in [0.3, 0.4) is 0 Å². The van der Waals surface area contributed by atoms with E-state index in [4.69, 9.17) is 10.5 Å². The van der Waals surface area contributed by atoms with Crippen LogP contribution in [0, 0.1) is 5.92 Å². The number of likely N-dealkylation sites (tertiary alicyclic amines) is 1. The zero-order valence-electron chi connectivity index (χ0n) is 9.56. The number of aliphatic hydroxyl groups is 1. The van der Waals surface area contributed by atoms with Crippen LogP contribution in [-0.2, 0) is 4.74 Å². The summed E-state index contributed by atoms with van der Waals surface area (Å²) >= 11 is 0. The molecule has 0 bridgehead atoms. The van der Waals surface area contributed by atoms with Gasteiger partial charge >= 0.3 is 6.09 Å². The number of rotatable bonds is 1. The first-order chi connectivity index (χ1) is 6.83. The molecule has 0 aromatic carbocycles. The number of aliphatic hydroxyl groups excluding tert-OH is 1. The van der Waals surface area contributed by atoms with Gasteiger partial charge in [-0.1, -0.05) is 0 Å². The fourth-order valence-electron chi connectivity index (χ4n) is 1.56. The Labute approximate surface area is 90.2 Å². The van der Waals surface area contributed by atoms with E-state index < -0.39 is 11.7 Å². The molecule has 5 heteroatoms. The highest BCUT2D eigenvalue weighted by Gasteiger charge is 2.35. The largest absolute Gasteiger partial charge is 0.444 e. The number of nitrogens with two attached hydrogens (primary N) is 1. The summed E-state index contributed by atoms with van der Waals surface area (Å²) in [6, 6.07) is 0.